The van der Waals surface area contributed by atoms with Crippen LogP contribution in [0.15, 0.2) is 0 Å². The molecule has 3 atom stereocenters. The Hall–Kier alpha value is -0.550. The first-order valence-corrected chi connectivity index (χ1v) is 6.51. The lowest BCUT2D eigenvalue weighted by Crippen LogP contribution is -2.37. The highest BCUT2D eigenvalue weighted by atomic mass is 15.3. The van der Waals surface area contributed by atoms with Crippen LogP contribution in [0.5, 0.6) is 0 Å². The van der Waals surface area contributed by atoms with Gasteiger partial charge in [-0.1, -0.05) is 12.8 Å². The van der Waals surface area contributed by atoms with Crippen molar-refractivity contribution in [3.05, 3.63) is 0 Å². The lowest BCUT2D eigenvalue weighted by Gasteiger charge is -2.27. The summed E-state index contributed by atoms with van der Waals surface area (Å²) in [7, 11) is 0. The van der Waals surface area contributed by atoms with Gasteiger partial charge in [0.2, 0.25) is 0 Å². The summed E-state index contributed by atoms with van der Waals surface area (Å²) in [4.78, 5) is 2.66. The van der Waals surface area contributed by atoms with Gasteiger partial charge in [0.05, 0.1) is 12.5 Å². The van der Waals surface area contributed by atoms with Crippen LogP contribution in [0.3, 0.4) is 0 Å². The van der Waals surface area contributed by atoms with E-state index in [2.05, 4.69) is 11.0 Å². The topological polar surface area (TPSA) is 27.0 Å². The van der Waals surface area contributed by atoms with Crippen molar-refractivity contribution in [3.63, 3.8) is 0 Å². The van der Waals surface area contributed by atoms with E-state index in [0.717, 1.165) is 18.3 Å². The van der Waals surface area contributed by atoms with Crippen molar-refractivity contribution in [3.8, 4) is 6.07 Å². The van der Waals surface area contributed by atoms with Gasteiger partial charge < -0.3 is 0 Å². The average molecular weight is 204 g/mol. The van der Waals surface area contributed by atoms with Gasteiger partial charge in [-0.15, -0.1) is 0 Å². The molecule has 1 unspecified atom stereocenters. The molecule has 0 aromatic carbocycles. The van der Waals surface area contributed by atoms with Gasteiger partial charge in [-0.2, -0.15) is 5.26 Å². The standard InChI is InChI=1S/C13H20N2/c14-8-7-13(15-9-3-4-10-15)11-5-1-2-6-12(11)13/h11-12H,1-7,9-10H2/t11-,12+,13?. The second-order valence-corrected chi connectivity index (χ2v) is 5.52. The van der Waals surface area contributed by atoms with Crippen molar-refractivity contribution in [2.24, 2.45) is 11.8 Å². The first-order chi connectivity index (χ1) is 7.39. The number of hydrogen-bond acceptors (Lipinski definition) is 2. The van der Waals surface area contributed by atoms with Crippen LogP contribution in [0.2, 0.25) is 0 Å². The summed E-state index contributed by atoms with van der Waals surface area (Å²) in [5, 5.41) is 9.07. The van der Waals surface area contributed by atoms with E-state index in [1.807, 2.05) is 0 Å². The highest BCUT2D eigenvalue weighted by Gasteiger charge is 2.66. The number of rotatable bonds is 2. The minimum absolute atomic E-state index is 0.349. The summed E-state index contributed by atoms with van der Waals surface area (Å²) in [6, 6.07) is 2.46. The average Bonchev–Trinajstić information content (AvgIpc) is 2.67. The molecule has 1 aliphatic heterocycles. The molecule has 3 aliphatic rings. The van der Waals surface area contributed by atoms with E-state index in [9.17, 15) is 0 Å². The zero-order chi connectivity index (χ0) is 10.3. The van der Waals surface area contributed by atoms with Gasteiger partial charge in [0.25, 0.3) is 0 Å². The summed E-state index contributed by atoms with van der Waals surface area (Å²) >= 11 is 0. The van der Waals surface area contributed by atoms with E-state index in [4.69, 9.17) is 5.26 Å². The van der Waals surface area contributed by atoms with Crippen molar-refractivity contribution in [2.75, 3.05) is 13.1 Å². The normalized spacial score (nSPS) is 44.7. The fourth-order valence-electron chi connectivity index (χ4n) is 4.32. The van der Waals surface area contributed by atoms with Gasteiger partial charge in [0.1, 0.15) is 0 Å². The van der Waals surface area contributed by atoms with Crippen molar-refractivity contribution in [1.82, 2.24) is 4.90 Å². The fourth-order valence-corrected chi connectivity index (χ4v) is 4.32. The smallest absolute Gasteiger partial charge is 0.0641 e. The summed E-state index contributed by atoms with van der Waals surface area (Å²) in [5.74, 6) is 1.76. The molecular formula is C13H20N2. The van der Waals surface area contributed by atoms with Gasteiger partial charge in [-0.25, -0.2) is 0 Å². The highest BCUT2D eigenvalue weighted by Crippen LogP contribution is 2.64. The SMILES string of the molecule is N#CCC1(N2CCCC2)[C@@H]2CCCC[C@@H]21. The van der Waals surface area contributed by atoms with Gasteiger partial charge >= 0.3 is 0 Å². The third-order valence-corrected chi connectivity index (χ3v) is 5.00. The summed E-state index contributed by atoms with van der Waals surface area (Å²) in [6.45, 7) is 2.52. The molecule has 3 rings (SSSR count). The van der Waals surface area contributed by atoms with Crippen LogP contribution in [-0.4, -0.2) is 23.5 Å². The quantitative estimate of drug-likeness (QED) is 0.691. The Balaban J connectivity index is 1.81. The Morgan fingerprint density at radius 3 is 2.20 bits per heavy atom. The van der Waals surface area contributed by atoms with Crippen LogP contribution < -0.4 is 0 Å². The van der Waals surface area contributed by atoms with Gasteiger partial charge in [-0.3, -0.25) is 4.90 Å². The summed E-state index contributed by atoms with van der Waals surface area (Å²) in [6.07, 6.45) is 9.09. The number of nitriles is 1. The molecule has 2 saturated carbocycles. The van der Waals surface area contributed by atoms with Crippen LogP contribution in [-0.2, 0) is 0 Å². The first kappa shape index (κ1) is 9.66. The van der Waals surface area contributed by atoms with E-state index >= 15 is 0 Å². The lowest BCUT2D eigenvalue weighted by molar-refractivity contribution is 0.194. The van der Waals surface area contributed by atoms with Gasteiger partial charge in [-0.05, 0) is 50.6 Å². The maximum atomic E-state index is 9.07. The maximum absolute atomic E-state index is 9.07. The zero-order valence-corrected chi connectivity index (χ0v) is 9.41. The maximum Gasteiger partial charge on any atom is 0.0641 e. The minimum Gasteiger partial charge on any atom is -0.296 e. The van der Waals surface area contributed by atoms with Crippen LogP contribution >= 0.6 is 0 Å². The van der Waals surface area contributed by atoms with Gasteiger partial charge in [0.15, 0.2) is 0 Å². The van der Waals surface area contributed by atoms with Crippen molar-refractivity contribution in [1.29, 1.82) is 5.26 Å². The Morgan fingerprint density at radius 1 is 1.07 bits per heavy atom. The van der Waals surface area contributed by atoms with E-state index in [1.165, 1.54) is 51.6 Å². The first-order valence-electron chi connectivity index (χ1n) is 6.51. The highest BCUT2D eigenvalue weighted by molar-refractivity contribution is 5.22. The number of hydrogen-bond donors (Lipinski definition) is 0. The molecule has 0 spiro atoms. The molecule has 0 aromatic rings. The molecule has 0 aromatic heterocycles. The Morgan fingerprint density at radius 2 is 1.67 bits per heavy atom. The number of likely N-dealkylation sites (tertiary alicyclic amines) is 1. The second kappa shape index (κ2) is 3.49. The van der Waals surface area contributed by atoms with Crippen molar-refractivity contribution in [2.45, 2.75) is 50.5 Å². The molecule has 15 heavy (non-hydrogen) atoms. The zero-order valence-electron chi connectivity index (χ0n) is 9.41. The van der Waals surface area contributed by atoms with Crippen LogP contribution in [0.1, 0.15) is 44.9 Å². The molecule has 2 heteroatoms. The van der Waals surface area contributed by atoms with E-state index < -0.39 is 0 Å². The Kier molecular flexibility index (Phi) is 2.25. The van der Waals surface area contributed by atoms with E-state index in [-0.39, 0.29) is 0 Å². The van der Waals surface area contributed by atoms with Crippen LogP contribution in [0, 0.1) is 23.2 Å². The summed E-state index contributed by atoms with van der Waals surface area (Å²) in [5.41, 5.74) is 0.349. The van der Waals surface area contributed by atoms with Crippen molar-refractivity contribution >= 4 is 0 Å². The van der Waals surface area contributed by atoms with E-state index in [0.29, 0.717) is 5.54 Å². The number of fused-ring (bicyclic) bond motifs is 1. The number of nitrogens with zero attached hydrogens (tertiary/aromatic N) is 2. The molecule has 1 saturated heterocycles. The van der Waals surface area contributed by atoms with E-state index in [1.54, 1.807) is 0 Å². The van der Waals surface area contributed by atoms with Crippen LogP contribution in [0.4, 0.5) is 0 Å². The summed E-state index contributed by atoms with van der Waals surface area (Å²) < 4.78 is 0. The Labute approximate surface area is 92.3 Å². The predicted octanol–water partition coefficient (Wildman–Crippen LogP) is 2.55. The molecule has 0 amide bonds. The van der Waals surface area contributed by atoms with Gasteiger partial charge in [0, 0.05) is 5.54 Å². The Bertz CT molecular complexity index is 273. The molecular weight excluding hydrogens is 184 g/mol. The molecule has 0 radical (unpaired) electrons. The molecule has 2 nitrogen and oxygen atoms in total. The third kappa shape index (κ3) is 1.26. The molecule has 3 fully saturated rings. The molecule has 2 aliphatic carbocycles. The molecule has 1 heterocycles. The molecule has 0 N–H and O–H groups in total. The third-order valence-electron chi connectivity index (χ3n) is 5.00. The van der Waals surface area contributed by atoms with Crippen LogP contribution in [0.25, 0.3) is 0 Å². The van der Waals surface area contributed by atoms with Crippen molar-refractivity contribution < 1.29 is 0 Å². The largest absolute Gasteiger partial charge is 0.296 e. The molecule has 82 valence electrons. The lowest BCUT2D eigenvalue weighted by atomic mass is 10.0. The fraction of sp³-hybridized carbons (Fsp3) is 0.923. The monoisotopic (exact) mass is 204 g/mol. The second-order valence-electron chi connectivity index (χ2n) is 5.52. The minimum atomic E-state index is 0.349. The molecule has 0 bridgehead atoms. The predicted molar refractivity (Wildman–Crippen MR) is 59.2 cm³/mol.